The van der Waals surface area contributed by atoms with E-state index in [1.54, 1.807) is 6.07 Å². The molecule has 0 spiro atoms. The van der Waals surface area contributed by atoms with Crippen LogP contribution >= 0.6 is 0 Å². The average molecular weight is 300 g/mol. The van der Waals surface area contributed by atoms with E-state index in [1.807, 2.05) is 13.8 Å². The zero-order valence-corrected chi connectivity index (χ0v) is 12.1. The lowest BCUT2D eigenvalue weighted by Gasteiger charge is -2.11. The lowest BCUT2D eigenvalue weighted by Crippen LogP contribution is -1.96. The van der Waals surface area contributed by atoms with E-state index in [9.17, 15) is 13.9 Å². The minimum Gasteiger partial charge on any atom is -0.506 e. The molecular weight excluding hydrogens is 286 g/mol. The highest BCUT2D eigenvalue weighted by Gasteiger charge is 2.16. The van der Waals surface area contributed by atoms with E-state index >= 15 is 0 Å². The van der Waals surface area contributed by atoms with Gasteiger partial charge in [0.1, 0.15) is 22.9 Å². The molecule has 3 aromatic rings. The first-order valence-corrected chi connectivity index (χ1v) is 6.91. The monoisotopic (exact) mass is 300 g/mol. The van der Waals surface area contributed by atoms with Crippen molar-refractivity contribution < 1.29 is 13.9 Å². The normalized spacial score (nSPS) is 11.3. The van der Waals surface area contributed by atoms with Crippen LogP contribution in [-0.2, 0) is 0 Å². The van der Waals surface area contributed by atoms with E-state index in [0.29, 0.717) is 11.3 Å². The van der Waals surface area contributed by atoms with E-state index in [4.69, 9.17) is 0 Å². The number of rotatable bonds is 2. The maximum absolute atomic E-state index is 14.6. The molecule has 0 atom stereocenters. The first-order chi connectivity index (χ1) is 10.5. The largest absolute Gasteiger partial charge is 0.506 e. The van der Waals surface area contributed by atoms with Crippen LogP contribution in [0.2, 0.25) is 0 Å². The summed E-state index contributed by atoms with van der Waals surface area (Å²) in [6.07, 6.45) is 2.85. The molecule has 22 heavy (non-hydrogen) atoms. The quantitative estimate of drug-likeness (QED) is 0.762. The smallest absolute Gasteiger partial charge is 0.150 e. The summed E-state index contributed by atoms with van der Waals surface area (Å²) in [5.41, 5.74) is 0.881. The van der Waals surface area contributed by atoms with Crippen molar-refractivity contribution >= 4 is 10.9 Å². The molecule has 0 amide bonds. The topological polar surface area (TPSA) is 46.0 Å². The van der Waals surface area contributed by atoms with Crippen molar-refractivity contribution in [3.8, 4) is 16.9 Å². The molecule has 0 bridgehead atoms. The van der Waals surface area contributed by atoms with Crippen LogP contribution in [0.15, 0.2) is 36.7 Å². The Morgan fingerprint density at radius 3 is 2.59 bits per heavy atom. The fraction of sp³-hybridized carbons (Fsp3) is 0.176. The first kappa shape index (κ1) is 14.4. The van der Waals surface area contributed by atoms with E-state index in [1.165, 1.54) is 24.5 Å². The number of aromatic nitrogens is 2. The van der Waals surface area contributed by atoms with Gasteiger partial charge in [0.25, 0.3) is 0 Å². The summed E-state index contributed by atoms with van der Waals surface area (Å²) in [4.78, 5) is 8.00. The predicted octanol–water partition coefficient (Wildman–Crippen LogP) is 4.40. The average Bonchev–Trinajstić information content (AvgIpc) is 2.50. The van der Waals surface area contributed by atoms with Crippen LogP contribution in [0.3, 0.4) is 0 Å². The second-order valence-electron chi connectivity index (χ2n) is 5.40. The fourth-order valence-electron chi connectivity index (χ4n) is 2.44. The molecule has 112 valence electrons. The molecule has 1 aromatic carbocycles. The Morgan fingerprint density at radius 1 is 1.14 bits per heavy atom. The van der Waals surface area contributed by atoms with E-state index in [0.717, 1.165) is 6.07 Å². The van der Waals surface area contributed by atoms with Gasteiger partial charge in [0.05, 0.1) is 5.69 Å². The molecule has 3 nitrogen and oxygen atoms in total. The number of halogens is 2. The number of fused-ring (bicyclic) bond motifs is 1. The molecular formula is C17H14F2N2O. The highest BCUT2D eigenvalue weighted by atomic mass is 19.1. The second-order valence-corrected chi connectivity index (χ2v) is 5.40. The SMILES string of the molecule is CC(C)c1ncc(-c2cc(F)c3ncccc3c2F)cc1O. The summed E-state index contributed by atoms with van der Waals surface area (Å²) in [5.74, 6) is -1.18. The van der Waals surface area contributed by atoms with Crippen LogP contribution in [0.1, 0.15) is 25.5 Å². The Labute approximate surface area is 126 Å². The number of benzene rings is 1. The van der Waals surface area contributed by atoms with Gasteiger partial charge >= 0.3 is 0 Å². The molecule has 0 radical (unpaired) electrons. The van der Waals surface area contributed by atoms with Crippen LogP contribution in [0.4, 0.5) is 8.78 Å². The standard InChI is InChI=1S/C17H14F2N2O/c1-9(2)16-14(22)6-10(8-21-16)12-7-13(18)17-11(15(12)19)4-3-5-20-17/h3-9,22H,1-2H3. The van der Waals surface area contributed by atoms with Crippen molar-refractivity contribution in [2.24, 2.45) is 0 Å². The van der Waals surface area contributed by atoms with Gasteiger partial charge in [0, 0.05) is 28.9 Å². The maximum Gasteiger partial charge on any atom is 0.150 e. The maximum atomic E-state index is 14.6. The molecule has 2 heterocycles. The third-order valence-corrected chi connectivity index (χ3v) is 3.53. The van der Waals surface area contributed by atoms with E-state index in [-0.39, 0.29) is 28.1 Å². The molecule has 5 heteroatoms. The Bertz CT molecular complexity index is 863. The fourth-order valence-corrected chi connectivity index (χ4v) is 2.44. The summed E-state index contributed by atoms with van der Waals surface area (Å²) >= 11 is 0. The van der Waals surface area contributed by atoms with Gasteiger partial charge in [-0.2, -0.15) is 0 Å². The number of pyridine rings is 2. The van der Waals surface area contributed by atoms with Crippen molar-refractivity contribution in [3.05, 3.63) is 54.0 Å². The van der Waals surface area contributed by atoms with Gasteiger partial charge in [-0.3, -0.25) is 9.97 Å². The third kappa shape index (κ3) is 2.28. The molecule has 0 saturated carbocycles. The van der Waals surface area contributed by atoms with Gasteiger partial charge in [-0.05, 0) is 30.2 Å². The second kappa shape index (κ2) is 5.33. The number of aromatic hydroxyl groups is 1. The van der Waals surface area contributed by atoms with Gasteiger partial charge in [-0.15, -0.1) is 0 Å². The lowest BCUT2D eigenvalue weighted by atomic mass is 10.0. The zero-order chi connectivity index (χ0) is 15.9. The molecule has 0 aliphatic carbocycles. The van der Waals surface area contributed by atoms with Crippen LogP contribution in [-0.4, -0.2) is 15.1 Å². The molecule has 1 N–H and O–H groups in total. The predicted molar refractivity (Wildman–Crippen MR) is 80.6 cm³/mol. The summed E-state index contributed by atoms with van der Waals surface area (Å²) in [6.45, 7) is 3.79. The summed E-state index contributed by atoms with van der Waals surface area (Å²) in [6, 6.07) is 5.50. The van der Waals surface area contributed by atoms with E-state index in [2.05, 4.69) is 9.97 Å². The number of hydrogen-bond acceptors (Lipinski definition) is 3. The molecule has 0 aliphatic rings. The van der Waals surface area contributed by atoms with Gasteiger partial charge < -0.3 is 5.11 Å². The van der Waals surface area contributed by atoms with Crippen molar-refractivity contribution in [3.63, 3.8) is 0 Å². The van der Waals surface area contributed by atoms with Crippen LogP contribution < -0.4 is 0 Å². The molecule has 0 aliphatic heterocycles. The highest BCUT2D eigenvalue weighted by Crippen LogP contribution is 2.33. The summed E-state index contributed by atoms with van der Waals surface area (Å²) in [5, 5.41) is 10.1. The summed E-state index contributed by atoms with van der Waals surface area (Å²) in [7, 11) is 0. The highest BCUT2D eigenvalue weighted by molar-refractivity contribution is 5.86. The molecule has 0 unspecified atom stereocenters. The number of hydrogen-bond donors (Lipinski definition) is 1. The van der Waals surface area contributed by atoms with Gasteiger partial charge in [0.2, 0.25) is 0 Å². The molecule has 3 rings (SSSR count). The molecule has 0 saturated heterocycles. The minimum absolute atomic E-state index is 0.0141. The Hall–Kier alpha value is -2.56. The Morgan fingerprint density at radius 2 is 1.91 bits per heavy atom. The van der Waals surface area contributed by atoms with Gasteiger partial charge in [-0.25, -0.2) is 8.78 Å². The number of nitrogens with zero attached hydrogens (tertiary/aromatic N) is 2. The van der Waals surface area contributed by atoms with Gasteiger partial charge in [0.15, 0.2) is 0 Å². The Balaban J connectivity index is 2.22. The lowest BCUT2D eigenvalue weighted by molar-refractivity contribution is 0.460. The van der Waals surface area contributed by atoms with Crippen molar-refractivity contribution in [1.29, 1.82) is 0 Å². The van der Waals surface area contributed by atoms with Gasteiger partial charge in [-0.1, -0.05) is 13.8 Å². The molecule has 2 aromatic heterocycles. The van der Waals surface area contributed by atoms with E-state index < -0.39 is 11.6 Å². The molecule has 0 fully saturated rings. The Kier molecular flexibility index (Phi) is 3.48. The van der Waals surface area contributed by atoms with Crippen LogP contribution in [0.5, 0.6) is 5.75 Å². The van der Waals surface area contributed by atoms with Crippen molar-refractivity contribution in [2.75, 3.05) is 0 Å². The minimum atomic E-state index is -0.612. The van der Waals surface area contributed by atoms with Crippen molar-refractivity contribution in [2.45, 2.75) is 19.8 Å². The summed E-state index contributed by atoms with van der Waals surface area (Å²) < 4.78 is 28.7. The van der Waals surface area contributed by atoms with Crippen LogP contribution in [0, 0.1) is 11.6 Å². The van der Waals surface area contributed by atoms with Crippen LogP contribution in [0.25, 0.3) is 22.0 Å². The first-order valence-electron chi connectivity index (χ1n) is 6.91. The van der Waals surface area contributed by atoms with Crippen molar-refractivity contribution in [1.82, 2.24) is 9.97 Å². The zero-order valence-electron chi connectivity index (χ0n) is 12.1. The third-order valence-electron chi connectivity index (χ3n) is 3.53.